The largest absolute Gasteiger partial charge is 1.00 e. The first-order chi connectivity index (χ1) is 6.16. The number of unbranched alkanes of at least 4 members (excludes halogenated alkanes) is 2. The first-order valence-corrected chi connectivity index (χ1v) is 5.06. The molecular weight excluding hydrogens is 191 g/mol. The van der Waals surface area contributed by atoms with Crippen molar-refractivity contribution in [1.29, 1.82) is 0 Å². The number of aliphatic carboxylic acids is 1. The molecule has 0 spiro atoms. The molecule has 0 aromatic heterocycles. The van der Waals surface area contributed by atoms with Gasteiger partial charge in [-0.15, -0.1) is 0 Å². The molecule has 0 bridgehead atoms. The van der Waals surface area contributed by atoms with Gasteiger partial charge in [0.1, 0.15) is 0 Å². The fourth-order valence-electron chi connectivity index (χ4n) is 1.26. The molecule has 0 amide bonds. The van der Waals surface area contributed by atoms with E-state index < -0.39 is 5.97 Å². The van der Waals surface area contributed by atoms with Crippen LogP contribution in [0.15, 0.2) is 0 Å². The molecule has 80 valence electrons. The zero-order valence-electron chi connectivity index (χ0n) is 10.3. The molecule has 0 aliphatic rings. The summed E-state index contributed by atoms with van der Waals surface area (Å²) in [6, 6.07) is 0. The first kappa shape index (κ1) is 16.8. The molecule has 0 rings (SSSR count). The van der Waals surface area contributed by atoms with E-state index in [1.807, 2.05) is 0 Å². The van der Waals surface area contributed by atoms with E-state index in [-0.39, 0.29) is 43.5 Å². The number of aliphatic hydroxyl groups is 1. The molecule has 0 radical (unpaired) electrons. The molecule has 0 aliphatic heterocycles. The molecule has 0 saturated heterocycles. The Labute approximate surface area is 110 Å². The Hall–Kier alpha value is 0.430. The summed E-state index contributed by atoms with van der Waals surface area (Å²) in [5.74, 6) is -0.777. The zero-order chi connectivity index (χ0) is 10.1. The fourth-order valence-corrected chi connectivity index (χ4v) is 1.26. The Kier molecular flexibility index (Phi) is 13.8. The third-order valence-electron chi connectivity index (χ3n) is 2.07. The van der Waals surface area contributed by atoms with Crippen LogP contribution in [0.4, 0.5) is 0 Å². The SMILES string of the molecule is CCCCCC(O)CCCC(=O)O.[H-].[Na+]. The van der Waals surface area contributed by atoms with Crippen LogP contribution in [0.5, 0.6) is 0 Å². The minimum Gasteiger partial charge on any atom is -1.00 e. The molecule has 4 heteroatoms. The van der Waals surface area contributed by atoms with Crippen molar-refractivity contribution >= 4 is 5.97 Å². The molecule has 2 N–H and O–H groups in total. The molecule has 0 aromatic carbocycles. The second kappa shape index (κ2) is 11.5. The van der Waals surface area contributed by atoms with Crippen LogP contribution in [0, 0.1) is 0 Å². The maximum absolute atomic E-state index is 10.2. The van der Waals surface area contributed by atoms with Crippen LogP contribution in [0.2, 0.25) is 0 Å². The molecule has 0 fully saturated rings. The monoisotopic (exact) mass is 212 g/mol. The number of hydrogen-bond acceptors (Lipinski definition) is 2. The Balaban J connectivity index is -0.000000720. The van der Waals surface area contributed by atoms with E-state index in [0.717, 1.165) is 25.7 Å². The second-order valence-electron chi connectivity index (χ2n) is 3.44. The summed E-state index contributed by atoms with van der Waals surface area (Å²) >= 11 is 0. The van der Waals surface area contributed by atoms with Crippen molar-refractivity contribution in [2.24, 2.45) is 0 Å². The van der Waals surface area contributed by atoms with Gasteiger partial charge in [-0.1, -0.05) is 26.2 Å². The third kappa shape index (κ3) is 12.4. The molecule has 14 heavy (non-hydrogen) atoms. The molecule has 1 unspecified atom stereocenters. The van der Waals surface area contributed by atoms with Crippen LogP contribution < -0.4 is 29.6 Å². The van der Waals surface area contributed by atoms with Crippen molar-refractivity contribution < 1.29 is 46.0 Å². The Morgan fingerprint density at radius 2 is 1.86 bits per heavy atom. The quantitative estimate of drug-likeness (QED) is 0.413. The van der Waals surface area contributed by atoms with E-state index in [4.69, 9.17) is 5.11 Å². The van der Waals surface area contributed by atoms with Gasteiger partial charge in [0.2, 0.25) is 0 Å². The topological polar surface area (TPSA) is 57.5 Å². The maximum Gasteiger partial charge on any atom is 1.00 e. The van der Waals surface area contributed by atoms with Gasteiger partial charge in [-0.05, 0) is 19.3 Å². The Bertz CT molecular complexity index is 145. The van der Waals surface area contributed by atoms with Gasteiger partial charge in [0, 0.05) is 6.42 Å². The fraction of sp³-hybridized carbons (Fsp3) is 0.900. The summed E-state index contributed by atoms with van der Waals surface area (Å²) in [4.78, 5) is 10.2. The van der Waals surface area contributed by atoms with Crippen LogP contribution in [-0.2, 0) is 4.79 Å². The number of rotatable bonds is 8. The molecule has 0 heterocycles. The smallest absolute Gasteiger partial charge is 1.00 e. The van der Waals surface area contributed by atoms with Crippen LogP contribution >= 0.6 is 0 Å². The van der Waals surface area contributed by atoms with E-state index in [9.17, 15) is 9.90 Å². The molecule has 0 aliphatic carbocycles. The standard InChI is InChI=1S/C10H20O3.Na.H/c1-2-3-4-6-9(11)7-5-8-10(12)13;;/h9,11H,2-8H2,1H3,(H,12,13);;/q;+1;-1. The summed E-state index contributed by atoms with van der Waals surface area (Å²) < 4.78 is 0. The average Bonchev–Trinajstić information content (AvgIpc) is 2.04. The minimum atomic E-state index is -0.777. The van der Waals surface area contributed by atoms with Crippen LogP contribution in [0.25, 0.3) is 0 Å². The predicted molar refractivity (Wildman–Crippen MR) is 52.7 cm³/mol. The number of carbonyl (C=O) groups is 1. The van der Waals surface area contributed by atoms with Crippen LogP contribution in [0.3, 0.4) is 0 Å². The van der Waals surface area contributed by atoms with Crippen molar-refractivity contribution in [3.8, 4) is 0 Å². The van der Waals surface area contributed by atoms with Crippen molar-refractivity contribution in [3.63, 3.8) is 0 Å². The van der Waals surface area contributed by atoms with Crippen LogP contribution in [0.1, 0.15) is 53.3 Å². The summed E-state index contributed by atoms with van der Waals surface area (Å²) in [5, 5.41) is 17.8. The molecule has 0 aromatic rings. The van der Waals surface area contributed by atoms with Crippen molar-refractivity contribution in [1.82, 2.24) is 0 Å². The van der Waals surface area contributed by atoms with E-state index >= 15 is 0 Å². The van der Waals surface area contributed by atoms with Gasteiger partial charge in [0.25, 0.3) is 0 Å². The van der Waals surface area contributed by atoms with Gasteiger partial charge >= 0.3 is 35.5 Å². The molecule has 3 nitrogen and oxygen atoms in total. The van der Waals surface area contributed by atoms with Gasteiger partial charge in [-0.2, -0.15) is 0 Å². The Morgan fingerprint density at radius 3 is 2.36 bits per heavy atom. The van der Waals surface area contributed by atoms with E-state index in [2.05, 4.69) is 6.92 Å². The van der Waals surface area contributed by atoms with E-state index in [0.29, 0.717) is 12.8 Å². The number of carboxylic acids is 1. The van der Waals surface area contributed by atoms with E-state index in [1.54, 1.807) is 0 Å². The number of aliphatic hydroxyl groups excluding tert-OH is 1. The summed E-state index contributed by atoms with van der Waals surface area (Å²) in [5.41, 5.74) is 0. The van der Waals surface area contributed by atoms with Crippen LogP contribution in [-0.4, -0.2) is 22.3 Å². The number of hydrogen-bond donors (Lipinski definition) is 2. The average molecular weight is 212 g/mol. The molecule has 1 atom stereocenters. The normalized spacial score (nSPS) is 11.9. The van der Waals surface area contributed by atoms with Gasteiger partial charge in [0.15, 0.2) is 0 Å². The van der Waals surface area contributed by atoms with Crippen molar-refractivity contribution in [3.05, 3.63) is 0 Å². The van der Waals surface area contributed by atoms with Gasteiger partial charge in [-0.3, -0.25) is 4.79 Å². The van der Waals surface area contributed by atoms with Gasteiger partial charge < -0.3 is 11.6 Å². The zero-order valence-corrected chi connectivity index (χ0v) is 11.3. The van der Waals surface area contributed by atoms with Gasteiger partial charge in [0.05, 0.1) is 6.10 Å². The maximum atomic E-state index is 10.2. The minimum absolute atomic E-state index is 0. The van der Waals surface area contributed by atoms with Crippen molar-refractivity contribution in [2.75, 3.05) is 0 Å². The Morgan fingerprint density at radius 1 is 1.29 bits per heavy atom. The summed E-state index contributed by atoms with van der Waals surface area (Å²) in [6.45, 7) is 2.12. The van der Waals surface area contributed by atoms with E-state index in [1.165, 1.54) is 0 Å². The number of carboxylic acid groups (broad SMARTS) is 1. The molecule has 0 saturated carbocycles. The summed E-state index contributed by atoms with van der Waals surface area (Å²) in [7, 11) is 0. The van der Waals surface area contributed by atoms with Gasteiger partial charge in [-0.25, -0.2) is 0 Å². The first-order valence-electron chi connectivity index (χ1n) is 5.06. The third-order valence-corrected chi connectivity index (χ3v) is 2.07. The second-order valence-corrected chi connectivity index (χ2v) is 3.44. The predicted octanol–water partition coefficient (Wildman–Crippen LogP) is -0.701. The summed E-state index contributed by atoms with van der Waals surface area (Å²) in [6.07, 6.45) is 5.24. The van der Waals surface area contributed by atoms with Crippen molar-refractivity contribution in [2.45, 2.75) is 58.0 Å². The molecular formula is C10H21NaO3.